The summed E-state index contributed by atoms with van der Waals surface area (Å²) in [7, 11) is -4.79. The molecule has 0 aromatic heterocycles. The van der Waals surface area contributed by atoms with E-state index in [-0.39, 0.29) is 82.1 Å². The predicted molar refractivity (Wildman–Crippen MR) is 596 cm³/mol. The molecule has 33 heteroatoms. The second kappa shape index (κ2) is 63.6. The van der Waals surface area contributed by atoms with Gasteiger partial charge in [0.15, 0.2) is 19.7 Å². The van der Waals surface area contributed by atoms with Crippen LogP contribution in [0.2, 0.25) is 0 Å². The number of imide groups is 2. The number of hydrogen-bond donors (Lipinski definition) is 5. The number of carbonyl (C=O) groups is 6. The molecule has 7 saturated carbocycles. The molecule has 2 atom stereocenters. The Hall–Kier alpha value is -10.8. The number of ether oxygens (including phenoxy) is 8. The Balaban J connectivity index is 0.000000232. The molecule has 2 heterocycles. The van der Waals surface area contributed by atoms with Crippen molar-refractivity contribution >= 4 is 91.9 Å². The Morgan fingerprint density at radius 1 is 0.433 bits per heavy atom. The van der Waals surface area contributed by atoms with Gasteiger partial charge in [-0.15, -0.1) is 19.7 Å². The number of nitrogens with zero attached hydrogens (tertiary/aromatic N) is 3. The van der Waals surface area contributed by atoms with Crippen molar-refractivity contribution in [2.45, 2.75) is 258 Å². The van der Waals surface area contributed by atoms with Crippen LogP contribution in [0.25, 0.3) is 10.4 Å². The molecular weight excluding hydrogens is 2050 g/mol. The maximum Gasteiger partial charge on any atom is 0.293 e. The summed E-state index contributed by atoms with van der Waals surface area (Å²) >= 11 is 3.38. The highest BCUT2D eigenvalue weighted by Gasteiger charge is 2.34. The van der Waals surface area contributed by atoms with Gasteiger partial charge < -0.3 is 53.8 Å². The van der Waals surface area contributed by atoms with Crippen LogP contribution in [0.1, 0.15) is 256 Å². The van der Waals surface area contributed by atoms with Gasteiger partial charge in [0.05, 0.1) is 79.5 Å². The Labute approximate surface area is 903 Å². The van der Waals surface area contributed by atoms with Gasteiger partial charge in [-0.25, -0.2) is 25.3 Å². The minimum atomic E-state index is -3.29. The molecule has 4 amide bonds. The summed E-state index contributed by atoms with van der Waals surface area (Å²) in [5.74, 6) is 10.2. The van der Waals surface area contributed by atoms with E-state index in [9.17, 15) is 59.1 Å². The lowest BCUT2D eigenvalue weighted by atomic mass is 9.87. The van der Waals surface area contributed by atoms with Crippen LogP contribution in [0.4, 0.5) is 0 Å². The van der Waals surface area contributed by atoms with Gasteiger partial charge in [-0.2, -0.15) is 0 Å². The van der Waals surface area contributed by atoms with Crippen LogP contribution in [0.5, 0.6) is 40.2 Å². The van der Waals surface area contributed by atoms with Gasteiger partial charge in [0.2, 0.25) is 32.7 Å². The average molecular weight is 2210 g/mol. The molecule has 2 unspecified atom stereocenters. The summed E-state index contributed by atoms with van der Waals surface area (Å²) in [6.45, 7) is 35.8. The molecule has 2 saturated heterocycles. The summed E-state index contributed by atoms with van der Waals surface area (Å²) < 4.78 is 114. The molecule has 0 spiro atoms. The van der Waals surface area contributed by atoms with Crippen molar-refractivity contribution in [3.05, 3.63) is 269 Å². The third kappa shape index (κ3) is 55.5. The largest absolute Gasteiger partial charge is 0.508 e. The molecule has 7 aromatic carbocycles. The van der Waals surface area contributed by atoms with Crippen LogP contribution in [0.3, 0.4) is 0 Å². The minimum Gasteiger partial charge on any atom is -0.508 e. The number of amides is 4. The van der Waals surface area contributed by atoms with Gasteiger partial charge in [0.1, 0.15) is 53.5 Å². The molecule has 16 rings (SSSR count). The molecule has 150 heavy (non-hydrogen) atoms. The molecule has 6 N–H and O–H groups in total. The van der Waals surface area contributed by atoms with Crippen LogP contribution in [-0.4, -0.2) is 146 Å². The highest BCUT2D eigenvalue weighted by molar-refractivity contribution is 9.09. The quantitative estimate of drug-likeness (QED) is 0.00346. The molecule has 7 aliphatic carbocycles. The molecule has 7 aromatic rings. The van der Waals surface area contributed by atoms with Gasteiger partial charge in [-0.3, -0.25) is 39.4 Å². The maximum absolute atomic E-state index is 12.7. The van der Waals surface area contributed by atoms with E-state index in [0.717, 1.165) is 143 Å². The number of phenols is 1. The fraction of sp³-hybridized carbons (Fsp3) is 0.521. The number of aromatic hydroxyl groups is 1. The van der Waals surface area contributed by atoms with Gasteiger partial charge >= 0.3 is 0 Å². The number of hydrogen-bond acceptors (Lipinski definition) is 24. The van der Waals surface area contributed by atoms with Crippen molar-refractivity contribution in [1.29, 1.82) is 0 Å². The van der Waals surface area contributed by atoms with E-state index >= 15 is 0 Å². The van der Waals surface area contributed by atoms with E-state index in [1.54, 1.807) is 50.3 Å². The summed E-state index contributed by atoms with van der Waals surface area (Å²) in [5, 5.41) is 28.5. The lowest BCUT2D eigenvalue weighted by Gasteiger charge is -2.25. The zero-order valence-electron chi connectivity index (χ0n) is 89.1. The molecule has 9 aliphatic rings. The van der Waals surface area contributed by atoms with E-state index in [1.807, 2.05) is 213 Å². The van der Waals surface area contributed by atoms with Crippen molar-refractivity contribution in [3.8, 4) is 40.2 Å². The first-order valence-electron chi connectivity index (χ1n) is 52.0. The van der Waals surface area contributed by atoms with Crippen LogP contribution < -0.4 is 44.8 Å². The van der Waals surface area contributed by atoms with Crippen molar-refractivity contribution in [2.24, 2.45) is 64.1 Å². The number of phenolic OH excluding ortho intramolecular Hbond substituents is 1. The third-order valence-corrected chi connectivity index (χ3v) is 31.5. The van der Waals surface area contributed by atoms with Gasteiger partial charge in [0, 0.05) is 62.0 Å². The maximum atomic E-state index is 12.7. The first-order chi connectivity index (χ1) is 71.1. The molecule has 9 fully saturated rings. The minimum absolute atomic E-state index is 0.0158. The van der Waals surface area contributed by atoms with Crippen molar-refractivity contribution in [3.63, 3.8) is 0 Å². The number of rotatable bonds is 48. The normalized spacial score (nSPS) is 16.8. The highest BCUT2D eigenvalue weighted by Crippen LogP contribution is 2.39. The standard InChI is InChI=1S/C24H33NO5S.C18H26O3S.C13H17N3O.C13H19NO.C13H18O2.C12H14O3.C8H11NO2.C8H8O3.C4H7Br.C4H7ClO2S/c1-24(2,20-8-6-9-21(15-20)30-16-18-10-11-18)17-31(28,29)14-5-3-4-7-19-12-13-22(26)25-23(19)27;1-4-5-11-22(19,20)14-18(2,3)16-7-6-8-17(12-16)21-13-15-9-10-15;1-13(2,15-16-14)11-4-3-5-12(8-11)17-9-10-6-7-10;2*1-13(2,14)11-4-3-5-12(8-11)15-9-10-6-7-10;13-9-14-7-11-2-1-3-12(6-11)15-8-10-4-5-10;1-2-3-6-4-5-7(10)9-8(6)11;9-6-11-5-7-2-1-3-8(10)4-7;5-3-4-1-2-4;1-2-3-4-8(5,6)7/h3-4,6,8-9,15,18-19H,5,7,10-14,16-17H2,1-2H3,(H,25,26,27);4,6-8,12,15H,1,5,9-11,13-14H2,2-3H3;3-5,8,10H,6-7,9H2,1-2H3;3-5,8,10H,6-7,9,14H2,1-2H3;3-5,8,10,14H,6-7,9H2,1-2H3;1-3,6,9-10H,4-5,7-8H2;2,6H,1,3-5H2,(H,9,10,11);1-4,6,10H,5H2;4H,1-3H2;2H,1,3-4H2/b4-3+;;;;;;;;;. The summed E-state index contributed by atoms with van der Waals surface area (Å²) in [4.78, 5) is 67.3. The van der Waals surface area contributed by atoms with Crippen LogP contribution in [-0.2, 0) is 108 Å². The number of halogens is 2. The lowest BCUT2D eigenvalue weighted by molar-refractivity contribution is -0.137. The number of carbonyl (C=O) groups excluding carboxylic acids is 6. The molecule has 2 aliphatic heterocycles. The van der Waals surface area contributed by atoms with Crippen LogP contribution in [0.15, 0.2) is 225 Å². The second-order valence-corrected chi connectivity index (χ2v) is 50.5. The number of nitrogens with one attached hydrogen (secondary N) is 2. The SMILES string of the molecule is BrCC1CC1.C=CCC1CCC(=O)NC1=O.C=CCCS(=O)(=O)CC(C)(C)c1cccc(OCC2CC2)c1.C=CCCS(=O)(=O)Cl.CC(C)(CS(=O)(=O)CC/C=C/CC1CCC(=O)NC1=O)c1cccc(OCC2CC2)c1.CC(C)(N)c1cccc(OCC2CC2)c1.CC(C)(N=[N+]=[N-])c1cccc(OCC2CC2)c1.CC(C)(O)c1cccc(OCC2CC2)c1.O=COCc1cccc(O)c1.O=COCc1cccc(OCC2CC2)c1. The van der Waals surface area contributed by atoms with Crippen LogP contribution >= 0.6 is 26.6 Å². The van der Waals surface area contributed by atoms with E-state index < -0.39 is 50.7 Å². The number of benzene rings is 7. The fourth-order valence-corrected chi connectivity index (χ4v) is 19.9. The number of nitrogens with two attached hydrogens (primary N) is 1. The first kappa shape index (κ1) is 126. The number of allylic oxidation sites excluding steroid dienone is 5. The van der Waals surface area contributed by atoms with E-state index in [2.05, 4.69) is 65.8 Å². The summed E-state index contributed by atoms with van der Waals surface area (Å²) in [5.41, 5.74) is 18.7. The fourth-order valence-electron chi connectivity index (χ4n) is 14.6. The number of alkyl halides is 1. The molecule has 28 nitrogen and oxygen atoms in total. The zero-order valence-corrected chi connectivity index (χ0v) is 93.9. The number of piperidine rings is 2. The predicted octanol–water partition coefficient (Wildman–Crippen LogP) is 23.4. The molecular formula is C117H160BrClN6O22S3. The smallest absolute Gasteiger partial charge is 0.293 e. The van der Waals surface area contributed by atoms with E-state index in [0.29, 0.717) is 89.2 Å². The summed E-state index contributed by atoms with van der Waals surface area (Å²) in [6.07, 6.45) is 31.4. The number of aliphatic hydroxyl groups is 1. The molecule has 0 bridgehead atoms. The highest BCUT2D eigenvalue weighted by atomic mass is 79.9. The second-order valence-electron chi connectivity index (χ2n) is 42.6. The molecule has 822 valence electrons. The monoisotopic (exact) mass is 2210 g/mol. The topological polar surface area (TPSA) is 418 Å². The Bertz CT molecular complexity index is 5780. The van der Waals surface area contributed by atoms with Crippen molar-refractivity contribution < 1.29 is 102 Å². The third-order valence-electron chi connectivity index (χ3n) is 25.3. The average Bonchev–Trinajstić information content (AvgIpc) is 1.79. The van der Waals surface area contributed by atoms with Crippen molar-refractivity contribution in [1.82, 2.24) is 10.6 Å². The summed E-state index contributed by atoms with van der Waals surface area (Å²) in [6, 6.07) is 53.4. The van der Waals surface area contributed by atoms with Gasteiger partial charge in [-0.1, -0.05) is 178 Å². The number of azide groups is 1. The van der Waals surface area contributed by atoms with E-state index in [4.69, 9.17) is 55.5 Å². The van der Waals surface area contributed by atoms with Crippen molar-refractivity contribution in [2.75, 3.05) is 73.7 Å². The Morgan fingerprint density at radius 2 is 0.760 bits per heavy atom. The molecule has 0 radical (unpaired) electrons. The van der Waals surface area contributed by atoms with E-state index in [1.165, 1.54) is 101 Å². The first-order valence-corrected chi connectivity index (χ1v) is 59.3. The zero-order chi connectivity index (χ0) is 110. The van der Waals surface area contributed by atoms with Gasteiger partial charge in [-0.05, 0) is 333 Å². The number of sulfone groups is 2. The van der Waals surface area contributed by atoms with Gasteiger partial charge in [0.25, 0.3) is 12.9 Å². The van der Waals surface area contributed by atoms with Crippen LogP contribution in [0, 0.1) is 53.3 Å². The Kier molecular flexibility index (Phi) is 53.5. The lowest BCUT2D eigenvalue weighted by Crippen LogP contribution is -2.40. The Morgan fingerprint density at radius 3 is 1.09 bits per heavy atom.